The highest BCUT2D eigenvalue weighted by Crippen LogP contribution is 2.68. The number of para-hydroxylation sites is 2. The molecule has 2 spiro atoms. The lowest BCUT2D eigenvalue weighted by Crippen LogP contribution is -2.61. The van der Waals surface area contributed by atoms with Crippen LogP contribution in [0.2, 0.25) is 0 Å². The highest BCUT2D eigenvalue weighted by Gasteiger charge is 2.57. The molecular formula is C98H76BN3. The van der Waals surface area contributed by atoms with E-state index >= 15 is 0 Å². The van der Waals surface area contributed by atoms with Crippen molar-refractivity contribution < 1.29 is 11.0 Å². The first kappa shape index (κ1) is 51.7. The third-order valence-electron chi connectivity index (χ3n) is 23.7. The molecule has 21 rings (SSSR count). The van der Waals surface area contributed by atoms with E-state index < -0.39 is 47.1 Å². The molecule has 3 nitrogen and oxygen atoms in total. The third-order valence-corrected chi connectivity index (χ3v) is 23.7. The number of hydrogen-bond donors (Lipinski definition) is 0. The summed E-state index contributed by atoms with van der Waals surface area (Å²) < 4.78 is 77.5. The van der Waals surface area contributed by atoms with Gasteiger partial charge in [-0.3, -0.25) is 0 Å². The lowest BCUT2D eigenvalue weighted by molar-refractivity contribution is 0.569. The van der Waals surface area contributed by atoms with Gasteiger partial charge < -0.3 is 14.4 Å². The zero-order valence-electron chi connectivity index (χ0n) is 66.6. The Morgan fingerprint density at radius 3 is 1.07 bits per heavy atom. The zero-order valence-corrected chi connectivity index (χ0v) is 58.6. The topological polar surface area (TPSA) is 11.4 Å². The summed E-state index contributed by atoms with van der Waals surface area (Å²) in [4.78, 5) is 5.17. The molecule has 0 unspecified atom stereocenters. The van der Waals surface area contributed by atoms with Crippen LogP contribution in [0, 0.1) is 0 Å². The van der Waals surface area contributed by atoms with E-state index in [1.54, 1.807) is 4.57 Å². The first-order valence-corrected chi connectivity index (χ1v) is 35.9. The van der Waals surface area contributed by atoms with Crippen molar-refractivity contribution in [3.8, 4) is 61.3 Å². The minimum atomic E-state index is -0.834. The number of benzene rings is 14. The van der Waals surface area contributed by atoms with Gasteiger partial charge in [0.15, 0.2) is 0 Å². The van der Waals surface area contributed by atoms with E-state index in [9.17, 15) is 8.22 Å². The minimum absolute atomic E-state index is 0.0261. The second-order valence-electron chi connectivity index (χ2n) is 32.1. The first-order chi connectivity index (χ1) is 52.8. The minimum Gasteiger partial charge on any atom is -0.311 e. The van der Waals surface area contributed by atoms with Crippen molar-refractivity contribution >= 4 is 79.0 Å². The van der Waals surface area contributed by atoms with Crippen LogP contribution in [0.1, 0.15) is 134 Å². The predicted molar refractivity (Wildman–Crippen MR) is 429 cm³/mol. The van der Waals surface area contributed by atoms with Crippen molar-refractivity contribution in [1.82, 2.24) is 4.57 Å². The summed E-state index contributed by atoms with van der Waals surface area (Å²) in [5.41, 5.74) is 32.1. The van der Waals surface area contributed by atoms with Crippen LogP contribution < -0.4 is 26.2 Å². The summed E-state index contributed by atoms with van der Waals surface area (Å²) in [5, 5.41) is 0.0521. The van der Waals surface area contributed by atoms with Crippen LogP contribution in [0.4, 0.5) is 34.1 Å². The van der Waals surface area contributed by atoms with Gasteiger partial charge in [-0.2, -0.15) is 0 Å². The third kappa shape index (κ3) is 7.72. The Labute approximate surface area is 610 Å². The molecule has 0 N–H and O–H groups in total. The predicted octanol–water partition coefficient (Wildman–Crippen LogP) is 23.1. The molecule has 0 amide bonds. The van der Waals surface area contributed by atoms with Gasteiger partial charge in [0.2, 0.25) is 0 Å². The molecule has 486 valence electrons. The highest BCUT2D eigenvalue weighted by molar-refractivity contribution is 7.00. The monoisotopic (exact) mass is 1310 g/mol. The molecule has 3 heterocycles. The van der Waals surface area contributed by atoms with E-state index in [1.807, 2.05) is 6.07 Å². The van der Waals surface area contributed by atoms with Gasteiger partial charge in [0.25, 0.3) is 6.71 Å². The number of fused-ring (bicyclic) bond motifs is 27. The molecule has 102 heavy (non-hydrogen) atoms. The fourth-order valence-electron chi connectivity index (χ4n) is 19.2. The van der Waals surface area contributed by atoms with Gasteiger partial charge in [0, 0.05) is 50.3 Å². The molecule has 0 fully saturated rings. The Morgan fingerprint density at radius 2 is 0.657 bits per heavy atom. The fraction of sp³-hybridized carbons (Fsp3) is 0.143. The van der Waals surface area contributed by atoms with Gasteiger partial charge in [-0.1, -0.05) is 305 Å². The van der Waals surface area contributed by atoms with Gasteiger partial charge in [-0.15, -0.1) is 0 Å². The molecule has 0 atom stereocenters. The molecule has 0 radical (unpaired) electrons. The first-order valence-electron chi connectivity index (χ1n) is 39.9. The fourth-order valence-corrected chi connectivity index (χ4v) is 19.2. The second-order valence-corrected chi connectivity index (χ2v) is 32.1. The number of nitrogens with zero attached hydrogens (tertiary/aromatic N) is 3. The van der Waals surface area contributed by atoms with Gasteiger partial charge in [-0.25, -0.2) is 0 Å². The molecule has 2 aliphatic heterocycles. The van der Waals surface area contributed by atoms with Crippen molar-refractivity contribution in [1.29, 1.82) is 0 Å². The lowest BCUT2D eigenvalue weighted by Gasteiger charge is -2.47. The number of aromatic nitrogens is 1. The van der Waals surface area contributed by atoms with E-state index in [2.05, 4.69) is 315 Å². The Balaban J connectivity index is 0.937. The smallest absolute Gasteiger partial charge is 0.252 e. The van der Waals surface area contributed by atoms with Crippen molar-refractivity contribution in [2.45, 2.75) is 89.4 Å². The summed E-state index contributed by atoms with van der Waals surface area (Å²) >= 11 is 0. The second kappa shape index (κ2) is 20.6. The summed E-state index contributed by atoms with van der Waals surface area (Å²) in [7, 11) is 0. The maximum Gasteiger partial charge on any atom is 0.252 e. The highest BCUT2D eigenvalue weighted by atomic mass is 15.2. The molecular weight excluding hydrogens is 1230 g/mol. The number of hydrogen-bond acceptors (Lipinski definition) is 2. The van der Waals surface area contributed by atoms with E-state index in [1.165, 1.54) is 83.5 Å². The zero-order chi connectivity index (χ0) is 75.6. The van der Waals surface area contributed by atoms with Crippen molar-refractivity contribution in [2.24, 2.45) is 0 Å². The lowest BCUT2D eigenvalue weighted by atomic mass is 9.33. The average molecular weight is 1310 g/mol. The van der Waals surface area contributed by atoms with Gasteiger partial charge in [0.1, 0.15) is 0 Å². The molecule has 1 aromatic heterocycles. The number of anilines is 6. The molecule has 0 saturated heterocycles. The average Bonchev–Trinajstić information content (AvgIpc) is 1.43. The molecule has 4 heteroatoms. The van der Waals surface area contributed by atoms with E-state index in [0.29, 0.717) is 5.69 Å². The summed E-state index contributed by atoms with van der Waals surface area (Å²) in [6.07, 6.45) is 0. The van der Waals surface area contributed by atoms with Crippen molar-refractivity contribution in [3.05, 3.63) is 358 Å². The SMILES string of the molecule is [2H]c1c([2H])c([2H])c2c(c1[2H])c1c([2H])c([2H])c([2H])c([2H])c1n2-c1ccc2c(c1)N(c1cccc3c1C1(c4ccccc4-c4ccccc41)c1ccccc1-3)c1cc(C(C)(C)C)cc3c1B2c1ccc(-c2cc(C(C)(C)C)cc(C(C)(C)C)c2)cc1N3c1cccc2c1C1(c3ccccc3-c3ccccc31)c1ccccc1-2. The van der Waals surface area contributed by atoms with E-state index in [0.717, 1.165) is 83.9 Å². The van der Waals surface area contributed by atoms with Crippen LogP contribution in [0.5, 0.6) is 0 Å². The summed E-state index contributed by atoms with van der Waals surface area (Å²) in [5.74, 6) is 0. The Bertz CT molecular complexity index is 6460. The maximum atomic E-state index is 9.89. The quantitative estimate of drug-likeness (QED) is 0.163. The largest absolute Gasteiger partial charge is 0.311 e. The van der Waals surface area contributed by atoms with Crippen molar-refractivity contribution in [2.75, 3.05) is 9.80 Å². The van der Waals surface area contributed by atoms with Crippen LogP contribution in [-0.2, 0) is 27.1 Å². The molecule has 0 bridgehead atoms. The molecule has 15 aromatic rings. The van der Waals surface area contributed by atoms with Gasteiger partial charge in [0.05, 0.1) is 44.2 Å². The van der Waals surface area contributed by atoms with Crippen LogP contribution in [0.15, 0.2) is 297 Å². The standard InChI is InChI=1S/C98H76BN3/c1-94(2,3)61-52-60(53-62(55-61)95(4,5)6)59-48-50-81-87(54-59)101(85-46-26-36-73-69-32-14-22-42-79(69)97(91(73)85)75-38-18-10-28-65(75)66-29-11-19-39-76(66)97)89-56-63(96(7,8)9)57-90-93(89)99(81)82-51-49-64(100-83-44-24-16-34-71(83)72-35-17-25-45-84(72)100)58-88(82)102(90)86-47-27-37-74-70-33-15-23-43-80(70)98(92(74)86)77-40-20-12-30-67(77)68-31-13-21-41-78(68)98/h10-58H,1-9H3/i16D,17D,24D,25D,34D,35D,44D,45D. The van der Waals surface area contributed by atoms with Crippen LogP contribution in [0.25, 0.3) is 83.1 Å². The maximum absolute atomic E-state index is 9.89. The van der Waals surface area contributed by atoms with Crippen LogP contribution >= 0.6 is 0 Å². The molecule has 6 aliphatic rings. The molecule has 14 aromatic carbocycles. The normalized spacial score (nSPS) is 15.9. The van der Waals surface area contributed by atoms with Gasteiger partial charge >= 0.3 is 0 Å². The van der Waals surface area contributed by atoms with E-state index in [4.69, 9.17) is 2.74 Å². The Kier molecular flexibility index (Phi) is 10.4. The van der Waals surface area contributed by atoms with Crippen molar-refractivity contribution in [3.63, 3.8) is 0 Å². The molecule has 4 aliphatic carbocycles. The summed E-state index contributed by atoms with van der Waals surface area (Å²) in [6.45, 7) is 20.3. The Hall–Kier alpha value is -11.5. The van der Waals surface area contributed by atoms with Crippen LogP contribution in [-0.4, -0.2) is 11.3 Å². The van der Waals surface area contributed by atoms with E-state index in [-0.39, 0.29) is 56.8 Å². The summed E-state index contributed by atoms with van der Waals surface area (Å²) in [6, 6.07) is 90.1. The van der Waals surface area contributed by atoms with Gasteiger partial charge in [-0.05, 0) is 193 Å². The van der Waals surface area contributed by atoms with Crippen LogP contribution in [0.3, 0.4) is 0 Å². The molecule has 0 saturated carbocycles. The Morgan fingerprint density at radius 1 is 0.304 bits per heavy atom. The number of rotatable bonds is 4.